The van der Waals surface area contributed by atoms with Gasteiger partial charge in [0, 0.05) is 6.61 Å². The maximum atomic E-state index is 12.5. The van der Waals surface area contributed by atoms with Gasteiger partial charge in [0.2, 0.25) is 0 Å². The van der Waals surface area contributed by atoms with E-state index in [0.717, 1.165) is 5.56 Å². The Balaban J connectivity index is 2.87. The van der Waals surface area contributed by atoms with E-state index in [-0.39, 0.29) is 26.2 Å². The molecule has 0 aromatic heterocycles. The molecule has 9 heteroatoms. The summed E-state index contributed by atoms with van der Waals surface area (Å²) >= 11 is 0. The van der Waals surface area contributed by atoms with E-state index in [1.54, 1.807) is 39.8 Å². The second-order valence-electron chi connectivity index (χ2n) is 7.05. The van der Waals surface area contributed by atoms with E-state index in [0.29, 0.717) is 0 Å². The summed E-state index contributed by atoms with van der Waals surface area (Å²) in [5.41, 5.74) is 0.796. The molecular formula is C19H30N2O6S. The minimum atomic E-state index is -1.52. The van der Waals surface area contributed by atoms with Crippen LogP contribution in [0.1, 0.15) is 39.7 Å². The van der Waals surface area contributed by atoms with Crippen molar-refractivity contribution < 1.29 is 28.4 Å². The number of nitrogens with one attached hydrogen (secondary N) is 2. The van der Waals surface area contributed by atoms with Gasteiger partial charge in [0.15, 0.2) is 0 Å². The molecule has 1 amide bonds. The predicted molar refractivity (Wildman–Crippen MR) is 107 cm³/mol. The zero-order chi connectivity index (χ0) is 21.2. The fourth-order valence-electron chi connectivity index (χ4n) is 2.19. The van der Waals surface area contributed by atoms with E-state index in [1.165, 1.54) is 0 Å². The third-order valence-electron chi connectivity index (χ3n) is 3.68. The Bertz CT molecular complexity index is 648. The van der Waals surface area contributed by atoms with Gasteiger partial charge in [0.05, 0.1) is 28.4 Å². The Hall–Kier alpha value is -1.97. The first-order chi connectivity index (χ1) is 13.2. The van der Waals surface area contributed by atoms with Crippen LogP contribution in [0.4, 0.5) is 4.79 Å². The first kappa shape index (κ1) is 24.1. The summed E-state index contributed by atoms with van der Waals surface area (Å²) < 4.78 is 24.9. The number of ether oxygens (including phenoxy) is 2. The van der Waals surface area contributed by atoms with Crippen LogP contribution in [0.25, 0.3) is 0 Å². The Kier molecular flexibility index (Phi) is 10.1. The molecule has 0 bridgehead atoms. The lowest BCUT2D eigenvalue weighted by atomic mass is 10.1. The molecule has 0 heterocycles. The van der Waals surface area contributed by atoms with Crippen molar-refractivity contribution in [3.63, 3.8) is 0 Å². The lowest BCUT2D eigenvalue weighted by Crippen LogP contribution is -2.57. The van der Waals surface area contributed by atoms with Gasteiger partial charge >= 0.3 is 12.1 Å². The maximum Gasteiger partial charge on any atom is 0.408 e. The van der Waals surface area contributed by atoms with E-state index in [4.69, 9.17) is 9.47 Å². The van der Waals surface area contributed by atoms with Crippen molar-refractivity contribution in [3.05, 3.63) is 35.9 Å². The molecule has 28 heavy (non-hydrogen) atoms. The molecule has 1 rings (SSSR count). The topological polar surface area (TPSA) is 114 Å². The van der Waals surface area contributed by atoms with Gasteiger partial charge in [-0.25, -0.2) is 18.5 Å². The summed E-state index contributed by atoms with van der Waals surface area (Å²) in [5.74, 6) is -0.698. The highest BCUT2D eigenvalue weighted by atomic mass is 32.2. The molecular weight excluding hydrogens is 384 g/mol. The number of hydrogen-bond donors (Lipinski definition) is 3. The highest BCUT2D eigenvalue weighted by Gasteiger charge is 2.34. The smallest absolute Gasteiger partial charge is 0.408 e. The van der Waals surface area contributed by atoms with Gasteiger partial charge in [-0.05, 0) is 39.7 Å². The fourth-order valence-corrected chi connectivity index (χ4v) is 3.08. The number of aliphatic hydroxyl groups excluding tert-OH is 1. The minimum absolute atomic E-state index is 0.0359. The normalized spacial score (nSPS) is 14.6. The summed E-state index contributed by atoms with van der Waals surface area (Å²) in [5, 5.41) is 11.8. The number of aliphatic hydroxyl groups is 1. The first-order valence-corrected chi connectivity index (χ1v) is 10.3. The zero-order valence-corrected chi connectivity index (χ0v) is 17.6. The fraction of sp³-hybridized carbons (Fsp3) is 0.579. The van der Waals surface area contributed by atoms with Crippen molar-refractivity contribution in [2.24, 2.45) is 0 Å². The van der Waals surface area contributed by atoms with Gasteiger partial charge < -0.3 is 19.9 Å². The largest absolute Gasteiger partial charge is 0.464 e. The molecule has 0 saturated heterocycles. The number of esters is 1. The molecule has 0 unspecified atom stereocenters. The standard InChI is InChI=1S/C19H30N2O6S/c1-5-26-17(23)16(15(11-12-22)21-28(25)19(2,3)4)20-18(24)27-13-14-9-7-6-8-10-14/h6-10,15-16,21-22H,5,11-13H2,1-4H3,(H,20,24)/t15-,16-,28-/m0/s1. The van der Waals surface area contributed by atoms with E-state index in [1.807, 2.05) is 18.2 Å². The molecule has 1 aromatic rings. The first-order valence-electron chi connectivity index (χ1n) is 9.11. The average molecular weight is 415 g/mol. The number of amides is 1. The molecule has 1 aromatic carbocycles. The molecule has 3 N–H and O–H groups in total. The molecule has 0 fully saturated rings. The highest BCUT2D eigenvalue weighted by molar-refractivity contribution is 7.84. The molecule has 0 aliphatic carbocycles. The molecule has 8 nitrogen and oxygen atoms in total. The number of carbonyl (C=O) groups is 2. The van der Waals surface area contributed by atoms with Crippen LogP contribution in [0, 0.1) is 0 Å². The molecule has 3 atom stereocenters. The monoisotopic (exact) mass is 414 g/mol. The highest BCUT2D eigenvalue weighted by Crippen LogP contribution is 2.13. The van der Waals surface area contributed by atoms with Crippen LogP contribution in [0.3, 0.4) is 0 Å². The number of alkyl carbamates (subject to hydrolysis) is 1. The maximum absolute atomic E-state index is 12.5. The van der Waals surface area contributed by atoms with Crippen molar-refractivity contribution in [1.82, 2.24) is 10.0 Å². The van der Waals surface area contributed by atoms with Gasteiger partial charge in [-0.15, -0.1) is 0 Å². The summed E-state index contributed by atoms with van der Waals surface area (Å²) in [6.07, 6.45) is -0.724. The van der Waals surface area contributed by atoms with Crippen LogP contribution >= 0.6 is 0 Å². The molecule has 0 saturated carbocycles. The van der Waals surface area contributed by atoms with Crippen molar-refractivity contribution >= 4 is 23.0 Å². The molecule has 158 valence electrons. The van der Waals surface area contributed by atoms with Gasteiger partial charge in [-0.3, -0.25) is 0 Å². The predicted octanol–water partition coefficient (Wildman–Crippen LogP) is 1.65. The van der Waals surface area contributed by atoms with Crippen molar-refractivity contribution in [1.29, 1.82) is 0 Å². The quantitative estimate of drug-likeness (QED) is 0.502. The van der Waals surface area contributed by atoms with Crippen LogP contribution in [-0.4, -0.2) is 51.4 Å². The van der Waals surface area contributed by atoms with Crippen LogP contribution in [0.2, 0.25) is 0 Å². The van der Waals surface area contributed by atoms with Crippen LogP contribution < -0.4 is 10.0 Å². The van der Waals surface area contributed by atoms with Crippen molar-refractivity contribution in [3.8, 4) is 0 Å². The van der Waals surface area contributed by atoms with Crippen LogP contribution in [0.15, 0.2) is 30.3 Å². The Morgan fingerprint density at radius 3 is 2.36 bits per heavy atom. The Morgan fingerprint density at radius 1 is 1.18 bits per heavy atom. The third kappa shape index (κ3) is 8.37. The van der Waals surface area contributed by atoms with Crippen LogP contribution in [0.5, 0.6) is 0 Å². The number of carbonyl (C=O) groups excluding carboxylic acids is 2. The van der Waals surface area contributed by atoms with E-state index >= 15 is 0 Å². The summed E-state index contributed by atoms with van der Waals surface area (Å²) in [4.78, 5) is 24.6. The second-order valence-corrected chi connectivity index (χ2v) is 9.05. The average Bonchev–Trinajstić information content (AvgIpc) is 2.64. The SMILES string of the molecule is CCOC(=O)[C@@H](NC(=O)OCc1ccccc1)[C@H](CCO)N[S@@](=O)C(C)(C)C. The van der Waals surface area contributed by atoms with Gasteiger partial charge in [-0.1, -0.05) is 30.3 Å². The molecule has 0 spiro atoms. The van der Waals surface area contributed by atoms with Gasteiger partial charge in [0.1, 0.15) is 12.6 Å². The van der Waals surface area contributed by atoms with E-state index in [9.17, 15) is 18.9 Å². The summed E-state index contributed by atoms with van der Waals surface area (Å²) in [6, 6.07) is 7.13. The summed E-state index contributed by atoms with van der Waals surface area (Å²) in [7, 11) is -1.52. The van der Waals surface area contributed by atoms with Crippen LogP contribution in [-0.2, 0) is 31.9 Å². The molecule has 0 aliphatic heterocycles. The number of rotatable bonds is 10. The molecule has 0 radical (unpaired) electrons. The second kappa shape index (κ2) is 11.8. The van der Waals surface area contributed by atoms with Gasteiger partial charge in [0.25, 0.3) is 0 Å². The lowest BCUT2D eigenvalue weighted by Gasteiger charge is -2.29. The summed E-state index contributed by atoms with van der Waals surface area (Å²) in [6.45, 7) is 6.84. The van der Waals surface area contributed by atoms with E-state index in [2.05, 4.69) is 10.0 Å². The molecule has 0 aliphatic rings. The van der Waals surface area contributed by atoms with Gasteiger partial charge in [-0.2, -0.15) is 0 Å². The number of benzene rings is 1. The third-order valence-corrected chi connectivity index (χ3v) is 5.31. The van der Waals surface area contributed by atoms with Crippen molar-refractivity contribution in [2.75, 3.05) is 13.2 Å². The zero-order valence-electron chi connectivity index (χ0n) is 16.8. The lowest BCUT2D eigenvalue weighted by molar-refractivity contribution is -0.146. The number of hydrogen-bond acceptors (Lipinski definition) is 6. The minimum Gasteiger partial charge on any atom is -0.464 e. The van der Waals surface area contributed by atoms with Crippen molar-refractivity contribution in [2.45, 2.75) is 57.6 Å². The Labute approximate surface area is 168 Å². The van der Waals surface area contributed by atoms with E-state index < -0.39 is 39.9 Å². The Morgan fingerprint density at radius 2 is 1.82 bits per heavy atom.